The van der Waals surface area contributed by atoms with Gasteiger partial charge in [0.2, 0.25) is 0 Å². The predicted octanol–water partition coefficient (Wildman–Crippen LogP) is 2.99. The number of hydrogen-bond donors (Lipinski definition) is 1. The van der Waals surface area contributed by atoms with Crippen molar-refractivity contribution in [1.29, 1.82) is 0 Å². The zero-order valence-electron chi connectivity index (χ0n) is 8.34. The van der Waals surface area contributed by atoms with E-state index in [0.717, 1.165) is 12.3 Å². The van der Waals surface area contributed by atoms with E-state index >= 15 is 0 Å². The zero-order valence-corrected chi connectivity index (χ0v) is 8.34. The van der Waals surface area contributed by atoms with E-state index in [1.165, 1.54) is 6.20 Å². The molecule has 0 amide bonds. The molecule has 0 aliphatic carbocycles. The molecular formula is C10H11F4NO. The van der Waals surface area contributed by atoms with Gasteiger partial charge in [0.1, 0.15) is 5.82 Å². The van der Waals surface area contributed by atoms with Crippen LogP contribution in [0.3, 0.4) is 0 Å². The lowest BCUT2D eigenvalue weighted by Gasteiger charge is -2.11. The molecule has 1 aromatic heterocycles. The van der Waals surface area contributed by atoms with Crippen LogP contribution in [0.4, 0.5) is 17.6 Å². The van der Waals surface area contributed by atoms with Gasteiger partial charge in [0.25, 0.3) is 0 Å². The number of aliphatic hydroxyl groups excluding tert-OH is 1. The topological polar surface area (TPSA) is 33.1 Å². The number of rotatable bonds is 4. The molecule has 1 heterocycles. The standard InChI is InChI=1S/C10H11F4NO/c11-8-4-7(5-15-6-8)9(16)2-1-3-10(12,13)14/h4-6,9,16H,1-3H2. The van der Waals surface area contributed by atoms with Crippen LogP contribution in [0.5, 0.6) is 0 Å². The first-order chi connectivity index (χ1) is 7.38. The molecule has 1 N–H and O–H groups in total. The summed E-state index contributed by atoms with van der Waals surface area (Å²) in [5.41, 5.74) is 0.196. The highest BCUT2D eigenvalue weighted by Gasteiger charge is 2.26. The van der Waals surface area contributed by atoms with Crippen molar-refractivity contribution < 1.29 is 22.7 Å². The largest absolute Gasteiger partial charge is 0.389 e. The molecule has 0 saturated carbocycles. The van der Waals surface area contributed by atoms with Gasteiger partial charge in [-0.3, -0.25) is 4.98 Å². The Hall–Kier alpha value is -1.17. The molecule has 0 fully saturated rings. The fraction of sp³-hybridized carbons (Fsp3) is 0.500. The number of nitrogens with zero attached hydrogens (tertiary/aromatic N) is 1. The van der Waals surface area contributed by atoms with Gasteiger partial charge in [-0.1, -0.05) is 0 Å². The molecule has 1 unspecified atom stereocenters. The molecular weight excluding hydrogens is 226 g/mol. The van der Waals surface area contributed by atoms with Gasteiger partial charge >= 0.3 is 6.18 Å². The minimum Gasteiger partial charge on any atom is -0.388 e. The summed E-state index contributed by atoms with van der Waals surface area (Å²) in [6, 6.07) is 1.06. The number of aliphatic hydroxyl groups is 1. The van der Waals surface area contributed by atoms with Gasteiger partial charge in [-0.25, -0.2) is 4.39 Å². The lowest BCUT2D eigenvalue weighted by Crippen LogP contribution is -2.08. The van der Waals surface area contributed by atoms with E-state index in [0.29, 0.717) is 0 Å². The Kier molecular flexibility index (Phi) is 4.23. The highest BCUT2D eigenvalue weighted by atomic mass is 19.4. The van der Waals surface area contributed by atoms with Crippen molar-refractivity contribution in [2.45, 2.75) is 31.5 Å². The lowest BCUT2D eigenvalue weighted by atomic mass is 10.1. The summed E-state index contributed by atoms with van der Waals surface area (Å²) in [6.07, 6.45) is -4.34. The summed E-state index contributed by atoms with van der Waals surface area (Å²) in [4.78, 5) is 3.50. The van der Waals surface area contributed by atoms with Crippen LogP contribution < -0.4 is 0 Å². The summed E-state index contributed by atoms with van der Waals surface area (Å²) in [5.74, 6) is -0.618. The van der Waals surface area contributed by atoms with Gasteiger partial charge in [0, 0.05) is 18.2 Å². The number of alkyl halides is 3. The highest BCUT2D eigenvalue weighted by molar-refractivity contribution is 5.12. The summed E-state index contributed by atoms with van der Waals surface area (Å²) in [6.45, 7) is 0. The maximum absolute atomic E-state index is 12.7. The Bertz CT molecular complexity index is 340. The third-order valence-corrected chi connectivity index (χ3v) is 2.05. The van der Waals surface area contributed by atoms with Crippen molar-refractivity contribution in [2.24, 2.45) is 0 Å². The average Bonchev–Trinajstić information content (AvgIpc) is 2.15. The van der Waals surface area contributed by atoms with Gasteiger partial charge in [0.05, 0.1) is 12.3 Å². The fourth-order valence-electron chi connectivity index (χ4n) is 1.27. The second kappa shape index (κ2) is 5.25. The molecule has 1 aromatic rings. The summed E-state index contributed by atoms with van der Waals surface area (Å²) < 4.78 is 48.1. The van der Waals surface area contributed by atoms with Crippen molar-refractivity contribution in [3.63, 3.8) is 0 Å². The SMILES string of the molecule is OC(CCCC(F)(F)F)c1cncc(F)c1. The molecule has 90 valence electrons. The van der Waals surface area contributed by atoms with Crippen LogP contribution in [-0.4, -0.2) is 16.3 Å². The molecule has 0 saturated heterocycles. The maximum atomic E-state index is 12.7. The van der Waals surface area contributed by atoms with E-state index in [2.05, 4.69) is 4.98 Å². The van der Waals surface area contributed by atoms with E-state index in [9.17, 15) is 22.7 Å². The van der Waals surface area contributed by atoms with E-state index in [4.69, 9.17) is 0 Å². The second-order valence-corrected chi connectivity index (χ2v) is 3.46. The first-order valence-electron chi connectivity index (χ1n) is 4.74. The Morgan fingerprint density at radius 3 is 2.56 bits per heavy atom. The van der Waals surface area contributed by atoms with Gasteiger partial charge in [-0.2, -0.15) is 13.2 Å². The fourth-order valence-corrected chi connectivity index (χ4v) is 1.27. The molecule has 0 aliphatic rings. The number of halogens is 4. The van der Waals surface area contributed by atoms with Crippen LogP contribution in [0.1, 0.15) is 30.9 Å². The maximum Gasteiger partial charge on any atom is 0.389 e. The first kappa shape index (κ1) is 12.9. The third-order valence-electron chi connectivity index (χ3n) is 2.05. The Morgan fingerprint density at radius 2 is 2.00 bits per heavy atom. The molecule has 1 atom stereocenters. The minimum absolute atomic E-state index is 0.0648. The molecule has 0 aliphatic heterocycles. The monoisotopic (exact) mass is 237 g/mol. The summed E-state index contributed by atoms with van der Waals surface area (Å²) in [7, 11) is 0. The number of hydrogen-bond acceptors (Lipinski definition) is 2. The molecule has 0 radical (unpaired) electrons. The highest BCUT2D eigenvalue weighted by Crippen LogP contribution is 2.26. The number of aromatic nitrogens is 1. The van der Waals surface area contributed by atoms with E-state index in [1.807, 2.05) is 0 Å². The lowest BCUT2D eigenvalue weighted by molar-refractivity contribution is -0.136. The Morgan fingerprint density at radius 1 is 1.31 bits per heavy atom. The number of pyridine rings is 1. The van der Waals surface area contributed by atoms with Gasteiger partial charge in [0.15, 0.2) is 0 Å². The molecule has 6 heteroatoms. The van der Waals surface area contributed by atoms with E-state index in [1.54, 1.807) is 0 Å². The quantitative estimate of drug-likeness (QED) is 0.816. The minimum atomic E-state index is -4.22. The van der Waals surface area contributed by atoms with Crippen LogP contribution in [0.15, 0.2) is 18.5 Å². The zero-order chi connectivity index (χ0) is 12.2. The van der Waals surface area contributed by atoms with Crippen molar-refractivity contribution in [3.8, 4) is 0 Å². The summed E-state index contributed by atoms with van der Waals surface area (Å²) in [5, 5.41) is 9.47. The second-order valence-electron chi connectivity index (χ2n) is 3.46. The van der Waals surface area contributed by atoms with Crippen LogP contribution in [0, 0.1) is 5.82 Å². The van der Waals surface area contributed by atoms with E-state index < -0.39 is 24.5 Å². The smallest absolute Gasteiger partial charge is 0.388 e. The molecule has 16 heavy (non-hydrogen) atoms. The van der Waals surface area contributed by atoms with Crippen LogP contribution in [0.2, 0.25) is 0 Å². The Labute approximate surface area is 89.9 Å². The normalized spacial score (nSPS) is 13.8. The first-order valence-corrected chi connectivity index (χ1v) is 4.74. The summed E-state index contributed by atoms with van der Waals surface area (Å²) >= 11 is 0. The van der Waals surface area contributed by atoms with Crippen molar-refractivity contribution in [2.75, 3.05) is 0 Å². The van der Waals surface area contributed by atoms with Crippen molar-refractivity contribution in [1.82, 2.24) is 4.98 Å². The van der Waals surface area contributed by atoms with Crippen molar-refractivity contribution in [3.05, 3.63) is 29.8 Å². The van der Waals surface area contributed by atoms with Gasteiger partial charge in [-0.05, 0) is 18.9 Å². The van der Waals surface area contributed by atoms with Gasteiger partial charge < -0.3 is 5.11 Å². The predicted molar refractivity (Wildman–Crippen MR) is 49.1 cm³/mol. The molecule has 0 aromatic carbocycles. The van der Waals surface area contributed by atoms with Gasteiger partial charge in [-0.15, -0.1) is 0 Å². The van der Waals surface area contributed by atoms with Crippen LogP contribution in [0.25, 0.3) is 0 Å². The average molecular weight is 237 g/mol. The molecule has 2 nitrogen and oxygen atoms in total. The molecule has 0 spiro atoms. The molecule has 1 rings (SSSR count). The molecule has 0 bridgehead atoms. The van der Waals surface area contributed by atoms with E-state index in [-0.39, 0.29) is 18.4 Å². The Balaban J connectivity index is 2.44. The van der Waals surface area contributed by atoms with Crippen LogP contribution in [-0.2, 0) is 0 Å². The third kappa shape index (κ3) is 4.57. The van der Waals surface area contributed by atoms with Crippen LogP contribution >= 0.6 is 0 Å². The van der Waals surface area contributed by atoms with Crippen molar-refractivity contribution >= 4 is 0 Å².